The molecule has 21 heavy (non-hydrogen) atoms. The number of hydrogen-bond acceptors (Lipinski definition) is 3. The van der Waals surface area contributed by atoms with E-state index in [0.29, 0.717) is 21.6 Å². The minimum absolute atomic E-state index is 0.0260. The molecule has 0 aliphatic heterocycles. The maximum Gasteiger partial charge on any atom is 0.251 e. The third kappa shape index (κ3) is 4.03. The second kappa shape index (κ2) is 6.69. The average molecular weight is 365 g/mol. The first-order valence-electron chi connectivity index (χ1n) is 6.13. The molecule has 0 saturated carbocycles. The molecule has 0 atom stereocenters. The zero-order chi connectivity index (χ0) is 15.4. The molecule has 0 aromatic heterocycles. The number of hydrogen-bond donors (Lipinski definition) is 3. The molecule has 1 amide bonds. The Morgan fingerprint density at radius 1 is 1.24 bits per heavy atom. The van der Waals surface area contributed by atoms with Crippen LogP contribution in [0.5, 0.6) is 5.75 Å². The maximum absolute atomic E-state index is 12.0. The fourth-order valence-corrected chi connectivity index (χ4v) is 2.15. The van der Waals surface area contributed by atoms with Gasteiger partial charge in [-0.15, -0.1) is 0 Å². The van der Waals surface area contributed by atoms with Crippen molar-refractivity contribution in [2.75, 3.05) is 0 Å². The molecule has 0 bridgehead atoms. The van der Waals surface area contributed by atoms with Crippen LogP contribution in [-0.2, 0) is 6.54 Å². The van der Waals surface area contributed by atoms with Crippen molar-refractivity contribution in [3.05, 3.63) is 63.6 Å². The highest BCUT2D eigenvalue weighted by Crippen LogP contribution is 2.24. The molecule has 2 rings (SSSR count). The van der Waals surface area contributed by atoms with E-state index in [9.17, 15) is 9.90 Å². The number of nitrogens with two attached hydrogens (primary N) is 1. The number of carbonyl (C=O) groups excluding carboxylic acids is 1. The summed E-state index contributed by atoms with van der Waals surface area (Å²) in [5.74, 6) is -0.239. The smallest absolute Gasteiger partial charge is 0.251 e. The van der Waals surface area contributed by atoms with Gasteiger partial charge in [-0.25, -0.2) is 0 Å². The van der Waals surface area contributed by atoms with Gasteiger partial charge >= 0.3 is 0 Å². The lowest BCUT2D eigenvalue weighted by Crippen LogP contribution is -2.23. The number of carbonyl (C=O) groups is 1. The van der Waals surface area contributed by atoms with Crippen LogP contribution in [0.2, 0.25) is 0 Å². The van der Waals surface area contributed by atoms with Crippen LogP contribution in [0.3, 0.4) is 0 Å². The lowest BCUT2D eigenvalue weighted by molar-refractivity contribution is 0.0950. The highest BCUT2D eigenvalue weighted by atomic mass is 79.9. The Bertz CT molecular complexity index is 704. The third-order valence-electron chi connectivity index (χ3n) is 2.87. The Kier molecular flexibility index (Phi) is 4.93. The van der Waals surface area contributed by atoms with Crippen LogP contribution in [0.15, 0.2) is 46.9 Å². The molecule has 0 radical (unpaired) electrons. The minimum atomic E-state index is -0.265. The zero-order valence-corrected chi connectivity index (χ0v) is 13.4. The summed E-state index contributed by atoms with van der Waals surface area (Å²) in [7, 11) is 0. The molecule has 6 heteroatoms. The van der Waals surface area contributed by atoms with Gasteiger partial charge in [-0.2, -0.15) is 0 Å². The molecule has 2 aromatic carbocycles. The van der Waals surface area contributed by atoms with Gasteiger partial charge in [-0.3, -0.25) is 4.79 Å². The van der Waals surface area contributed by atoms with Crippen LogP contribution in [0, 0.1) is 0 Å². The summed E-state index contributed by atoms with van der Waals surface area (Å²) in [4.78, 5) is 12.3. The molecule has 2 aromatic rings. The molecule has 0 aliphatic carbocycles. The molecule has 0 unspecified atom stereocenters. The zero-order valence-electron chi connectivity index (χ0n) is 11.0. The first-order valence-corrected chi connectivity index (χ1v) is 7.33. The Morgan fingerprint density at radius 3 is 2.67 bits per heavy atom. The molecule has 4 nitrogen and oxygen atoms in total. The summed E-state index contributed by atoms with van der Waals surface area (Å²) in [6.45, 7) is 0.353. The van der Waals surface area contributed by atoms with E-state index in [0.717, 1.165) is 11.1 Å². The van der Waals surface area contributed by atoms with Gasteiger partial charge in [0.2, 0.25) is 0 Å². The first-order chi connectivity index (χ1) is 9.97. The van der Waals surface area contributed by atoms with Crippen LogP contribution in [0.25, 0.3) is 0 Å². The topological polar surface area (TPSA) is 75.3 Å². The normalized spacial score (nSPS) is 10.1. The van der Waals surface area contributed by atoms with Gasteiger partial charge < -0.3 is 16.2 Å². The van der Waals surface area contributed by atoms with E-state index in [1.165, 1.54) is 6.07 Å². The van der Waals surface area contributed by atoms with Gasteiger partial charge in [0.05, 0.1) is 4.47 Å². The van der Waals surface area contributed by atoms with Crippen LogP contribution in [0.1, 0.15) is 21.5 Å². The van der Waals surface area contributed by atoms with Crippen LogP contribution in [-0.4, -0.2) is 16.0 Å². The quantitative estimate of drug-likeness (QED) is 0.729. The second-order valence-electron chi connectivity index (χ2n) is 4.41. The SMILES string of the molecule is NC(=S)c1cccc(CNC(=O)c2ccc(Br)c(O)c2)c1. The summed E-state index contributed by atoms with van der Waals surface area (Å²) in [5, 5.41) is 12.4. The standard InChI is InChI=1S/C15H13BrN2O2S/c16-12-5-4-11(7-13(12)19)15(20)18-8-9-2-1-3-10(6-9)14(17)21/h1-7,19H,8H2,(H2,17,21)(H,18,20). The van der Waals surface area contributed by atoms with Gasteiger partial charge in [-0.05, 0) is 45.8 Å². The fraction of sp³-hybridized carbons (Fsp3) is 0.0667. The summed E-state index contributed by atoms with van der Waals surface area (Å²) >= 11 is 8.09. The largest absolute Gasteiger partial charge is 0.507 e. The highest BCUT2D eigenvalue weighted by molar-refractivity contribution is 9.10. The van der Waals surface area contributed by atoms with Gasteiger partial charge in [0.15, 0.2) is 0 Å². The molecule has 0 fully saturated rings. The van der Waals surface area contributed by atoms with Crippen LogP contribution in [0.4, 0.5) is 0 Å². The number of benzene rings is 2. The van der Waals surface area contributed by atoms with Gasteiger partial charge in [-0.1, -0.05) is 30.4 Å². The van der Waals surface area contributed by atoms with Crippen molar-refractivity contribution in [1.82, 2.24) is 5.32 Å². The van der Waals surface area contributed by atoms with E-state index in [1.54, 1.807) is 12.1 Å². The first kappa shape index (κ1) is 15.5. The van der Waals surface area contributed by atoms with E-state index in [-0.39, 0.29) is 11.7 Å². The number of thiocarbonyl (C=S) groups is 1. The van der Waals surface area contributed by atoms with E-state index < -0.39 is 0 Å². The molecule has 0 spiro atoms. The summed E-state index contributed by atoms with van der Waals surface area (Å²) < 4.78 is 0.545. The highest BCUT2D eigenvalue weighted by Gasteiger charge is 2.08. The summed E-state index contributed by atoms with van der Waals surface area (Å²) in [6, 6.07) is 12.0. The lowest BCUT2D eigenvalue weighted by atomic mass is 10.1. The lowest BCUT2D eigenvalue weighted by Gasteiger charge is -2.07. The van der Waals surface area contributed by atoms with E-state index in [4.69, 9.17) is 18.0 Å². The van der Waals surface area contributed by atoms with Crippen LogP contribution >= 0.6 is 28.1 Å². The van der Waals surface area contributed by atoms with Crippen molar-refractivity contribution < 1.29 is 9.90 Å². The number of halogens is 1. The fourth-order valence-electron chi connectivity index (χ4n) is 1.77. The Labute approximate surface area is 136 Å². The monoisotopic (exact) mass is 364 g/mol. The Hall–Kier alpha value is -1.92. The molecule has 0 saturated heterocycles. The molecule has 0 heterocycles. The number of phenolic OH excluding ortho intramolecular Hbond substituents is 1. The van der Waals surface area contributed by atoms with E-state index >= 15 is 0 Å². The molecule has 0 aliphatic rings. The molecular formula is C15H13BrN2O2S. The van der Waals surface area contributed by atoms with Crippen molar-refractivity contribution in [2.45, 2.75) is 6.54 Å². The predicted molar refractivity (Wildman–Crippen MR) is 89.3 cm³/mol. The second-order valence-corrected chi connectivity index (χ2v) is 5.71. The molecule has 4 N–H and O–H groups in total. The Balaban J connectivity index is 2.05. The molecule has 108 valence electrons. The van der Waals surface area contributed by atoms with Crippen molar-refractivity contribution in [3.8, 4) is 5.75 Å². The minimum Gasteiger partial charge on any atom is -0.507 e. The predicted octanol–water partition coefficient (Wildman–Crippen LogP) is 2.72. The van der Waals surface area contributed by atoms with Gasteiger partial charge in [0.1, 0.15) is 10.7 Å². The van der Waals surface area contributed by atoms with Crippen molar-refractivity contribution >= 4 is 39.0 Å². The Morgan fingerprint density at radius 2 is 2.00 bits per heavy atom. The number of nitrogens with one attached hydrogen (secondary N) is 1. The van der Waals surface area contributed by atoms with Gasteiger partial charge in [0.25, 0.3) is 5.91 Å². The van der Waals surface area contributed by atoms with Crippen molar-refractivity contribution in [2.24, 2.45) is 5.73 Å². The number of rotatable bonds is 4. The number of amides is 1. The summed E-state index contributed by atoms with van der Waals surface area (Å²) in [6.07, 6.45) is 0. The van der Waals surface area contributed by atoms with Crippen molar-refractivity contribution in [1.29, 1.82) is 0 Å². The number of aromatic hydroxyl groups is 1. The average Bonchev–Trinajstić information content (AvgIpc) is 2.48. The molecular weight excluding hydrogens is 352 g/mol. The van der Waals surface area contributed by atoms with E-state index in [2.05, 4.69) is 21.2 Å². The number of phenols is 1. The van der Waals surface area contributed by atoms with E-state index in [1.807, 2.05) is 24.3 Å². The van der Waals surface area contributed by atoms with Crippen molar-refractivity contribution in [3.63, 3.8) is 0 Å². The van der Waals surface area contributed by atoms with Crippen LogP contribution < -0.4 is 11.1 Å². The van der Waals surface area contributed by atoms with Gasteiger partial charge in [0, 0.05) is 17.7 Å². The summed E-state index contributed by atoms with van der Waals surface area (Å²) in [5.41, 5.74) is 7.62. The third-order valence-corrected chi connectivity index (χ3v) is 3.78. The maximum atomic E-state index is 12.0.